The smallest absolute Gasteiger partial charge is 0.324 e. The van der Waals surface area contributed by atoms with E-state index in [2.05, 4.69) is 10.1 Å². The van der Waals surface area contributed by atoms with Gasteiger partial charge in [0.05, 0.1) is 18.7 Å². The first-order valence-electron chi connectivity index (χ1n) is 9.82. The quantitative estimate of drug-likeness (QED) is 0.638. The van der Waals surface area contributed by atoms with Crippen LogP contribution in [0.1, 0.15) is 12.8 Å². The number of amides is 1. The summed E-state index contributed by atoms with van der Waals surface area (Å²) in [6, 6.07) is 14.0. The van der Waals surface area contributed by atoms with Crippen LogP contribution in [-0.2, 0) is 4.79 Å². The molecule has 1 saturated heterocycles. The zero-order chi connectivity index (χ0) is 21.1. The van der Waals surface area contributed by atoms with Crippen LogP contribution >= 0.6 is 0 Å². The summed E-state index contributed by atoms with van der Waals surface area (Å²) in [6.45, 7) is 1.17. The summed E-state index contributed by atoms with van der Waals surface area (Å²) < 4.78 is 24.7. The maximum Gasteiger partial charge on any atom is 0.324 e. The monoisotopic (exact) mass is 410 g/mol. The van der Waals surface area contributed by atoms with Gasteiger partial charge in [-0.1, -0.05) is 17.3 Å². The molecular formula is C22H23FN4O3. The minimum atomic E-state index is -0.415. The molecule has 30 heavy (non-hydrogen) atoms. The average Bonchev–Trinajstić information content (AvgIpc) is 3.29. The number of hydrogen-bond donors (Lipinski definition) is 0. The molecule has 2 heterocycles. The third kappa shape index (κ3) is 3.98. The topological polar surface area (TPSA) is 71.7 Å². The van der Waals surface area contributed by atoms with Crippen LogP contribution in [0.4, 0.5) is 16.1 Å². The van der Waals surface area contributed by atoms with Crippen molar-refractivity contribution < 1.29 is 18.4 Å². The van der Waals surface area contributed by atoms with Crippen molar-refractivity contribution in [3.63, 3.8) is 0 Å². The Bertz CT molecular complexity index is 1020. The molecule has 0 bridgehead atoms. The molecule has 0 saturated carbocycles. The molecule has 0 N–H and O–H groups in total. The molecule has 1 aromatic heterocycles. The van der Waals surface area contributed by atoms with Gasteiger partial charge in [0.1, 0.15) is 11.6 Å². The lowest BCUT2D eigenvalue weighted by Crippen LogP contribution is -2.44. The van der Waals surface area contributed by atoms with Gasteiger partial charge in [0, 0.05) is 25.7 Å². The molecule has 0 radical (unpaired) electrons. The normalized spacial score (nSPS) is 16.4. The molecule has 4 rings (SSSR count). The van der Waals surface area contributed by atoms with E-state index in [-0.39, 0.29) is 17.5 Å². The van der Waals surface area contributed by atoms with Crippen LogP contribution in [0.2, 0.25) is 0 Å². The molecule has 7 nitrogen and oxygen atoms in total. The molecular weight excluding hydrogens is 387 g/mol. The second-order valence-corrected chi connectivity index (χ2v) is 7.26. The highest BCUT2D eigenvalue weighted by atomic mass is 19.1. The van der Waals surface area contributed by atoms with Gasteiger partial charge in [-0.25, -0.2) is 4.39 Å². The number of benzene rings is 2. The van der Waals surface area contributed by atoms with Gasteiger partial charge in [-0.3, -0.25) is 4.79 Å². The van der Waals surface area contributed by atoms with E-state index in [1.165, 1.54) is 11.0 Å². The highest BCUT2D eigenvalue weighted by molar-refractivity contribution is 5.95. The van der Waals surface area contributed by atoms with Gasteiger partial charge < -0.3 is 19.1 Å². The van der Waals surface area contributed by atoms with E-state index in [0.717, 1.165) is 30.7 Å². The summed E-state index contributed by atoms with van der Waals surface area (Å²) in [4.78, 5) is 20.8. The lowest BCUT2D eigenvalue weighted by atomic mass is 9.96. The number of carbonyl (C=O) groups is 1. The third-order valence-electron chi connectivity index (χ3n) is 5.35. The Hall–Kier alpha value is -3.42. The summed E-state index contributed by atoms with van der Waals surface area (Å²) in [5.41, 5.74) is 1.09. The number of methoxy groups -OCH3 is 1. The molecule has 156 valence electrons. The van der Waals surface area contributed by atoms with Crippen LogP contribution in [0.25, 0.3) is 11.4 Å². The molecule has 1 fully saturated rings. The molecule has 8 heteroatoms. The number of carbonyl (C=O) groups excluding carboxylic acids is 1. The van der Waals surface area contributed by atoms with Gasteiger partial charge in [0.2, 0.25) is 11.7 Å². The van der Waals surface area contributed by atoms with Crippen LogP contribution in [-0.4, -0.2) is 43.3 Å². The van der Waals surface area contributed by atoms with Crippen LogP contribution in [0.5, 0.6) is 5.75 Å². The Kier molecular flexibility index (Phi) is 5.65. The second kappa shape index (κ2) is 8.52. The third-order valence-corrected chi connectivity index (χ3v) is 5.35. The number of para-hydroxylation sites is 1. The van der Waals surface area contributed by atoms with Crippen LogP contribution < -0.4 is 14.5 Å². The van der Waals surface area contributed by atoms with Crippen molar-refractivity contribution in [2.24, 2.45) is 5.92 Å². The molecule has 1 unspecified atom stereocenters. The highest BCUT2D eigenvalue weighted by Gasteiger charge is 2.31. The first-order valence-corrected chi connectivity index (χ1v) is 9.82. The number of aromatic nitrogens is 2. The largest absolute Gasteiger partial charge is 0.497 e. The number of halogens is 1. The Morgan fingerprint density at radius 1 is 1.23 bits per heavy atom. The predicted molar refractivity (Wildman–Crippen MR) is 111 cm³/mol. The van der Waals surface area contributed by atoms with Crippen molar-refractivity contribution in [2.45, 2.75) is 12.8 Å². The number of rotatable bonds is 5. The molecule has 2 aromatic carbocycles. The van der Waals surface area contributed by atoms with Gasteiger partial charge in [0.25, 0.3) is 0 Å². The van der Waals surface area contributed by atoms with Gasteiger partial charge in [-0.15, -0.1) is 0 Å². The molecule has 0 spiro atoms. The summed E-state index contributed by atoms with van der Waals surface area (Å²) >= 11 is 0. The Labute approximate surface area is 174 Å². The lowest BCUT2D eigenvalue weighted by molar-refractivity contribution is -0.122. The molecule has 3 aromatic rings. The standard InChI is InChI=1S/C22H23FN4O3/c1-26(19-8-4-3-7-18(19)23)21(28)16-6-5-13-27(14-16)22-24-20(25-30-22)15-9-11-17(29-2)12-10-15/h3-4,7-12,16H,5-6,13-14H2,1-2H3. The summed E-state index contributed by atoms with van der Waals surface area (Å²) in [7, 11) is 3.22. The number of nitrogens with zero attached hydrogens (tertiary/aromatic N) is 4. The van der Waals surface area contributed by atoms with E-state index < -0.39 is 5.82 Å². The summed E-state index contributed by atoms with van der Waals surface area (Å²) in [5, 5.41) is 4.07. The molecule has 1 aliphatic heterocycles. The molecule has 1 atom stereocenters. The van der Waals surface area contributed by atoms with E-state index in [1.807, 2.05) is 29.2 Å². The van der Waals surface area contributed by atoms with Crippen molar-refractivity contribution in [1.29, 1.82) is 0 Å². The van der Waals surface area contributed by atoms with Crippen LogP contribution in [0.3, 0.4) is 0 Å². The Morgan fingerprint density at radius 2 is 2.00 bits per heavy atom. The Balaban J connectivity index is 1.47. The minimum Gasteiger partial charge on any atom is -0.497 e. The van der Waals surface area contributed by atoms with E-state index in [9.17, 15) is 9.18 Å². The van der Waals surface area contributed by atoms with Crippen molar-refractivity contribution in [1.82, 2.24) is 10.1 Å². The molecule has 1 aliphatic rings. The van der Waals surface area contributed by atoms with Crippen molar-refractivity contribution in [3.8, 4) is 17.1 Å². The van der Waals surface area contributed by atoms with E-state index in [0.29, 0.717) is 18.4 Å². The highest BCUT2D eigenvalue weighted by Crippen LogP contribution is 2.28. The van der Waals surface area contributed by atoms with Gasteiger partial charge in [-0.05, 0) is 49.2 Å². The zero-order valence-corrected chi connectivity index (χ0v) is 16.9. The van der Waals surface area contributed by atoms with E-state index >= 15 is 0 Å². The minimum absolute atomic E-state index is 0.125. The maximum absolute atomic E-state index is 14.1. The lowest BCUT2D eigenvalue weighted by Gasteiger charge is -2.32. The first-order chi connectivity index (χ1) is 14.6. The fourth-order valence-electron chi connectivity index (χ4n) is 3.67. The Morgan fingerprint density at radius 3 is 2.73 bits per heavy atom. The number of hydrogen-bond acceptors (Lipinski definition) is 6. The van der Waals surface area contributed by atoms with Crippen molar-refractivity contribution in [2.75, 3.05) is 37.0 Å². The van der Waals surface area contributed by atoms with Gasteiger partial charge >= 0.3 is 6.01 Å². The second-order valence-electron chi connectivity index (χ2n) is 7.26. The maximum atomic E-state index is 14.1. The fraction of sp³-hybridized carbons (Fsp3) is 0.318. The number of ether oxygens (including phenoxy) is 1. The van der Waals surface area contributed by atoms with E-state index in [1.54, 1.807) is 32.4 Å². The average molecular weight is 410 g/mol. The number of piperidine rings is 1. The fourth-order valence-corrected chi connectivity index (χ4v) is 3.67. The van der Waals surface area contributed by atoms with Crippen molar-refractivity contribution >= 4 is 17.6 Å². The van der Waals surface area contributed by atoms with E-state index in [4.69, 9.17) is 9.26 Å². The number of anilines is 2. The SMILES string of the molecule is COc1ccc(-c2noc(N3CCCC(C(=O)N(C)c4ccccc4F)C3)n2)cc1. The molecule has 1 amide bonds. The van der Waals surface area contributed by atoms with Gasteiger partial charge in [-0.2, -0.15) is 4.98 Å². The summed E-state index contributed by atoms with van der Waals surface area (Å²) in [5.74, 6) is 0.407. The summed E-state index contributed by atoms with van der Waals surface area (Å²) in [6.07, 6.45) is 1.54. The van der Waals surface area contributed by atoms with Crippen LogP contribution in [0, 0.1) is 11.7 Å². The first kappa shape index (κ1) is 19.9. The predicted octanol–water partition coefficient (Wildman–Crippen LogP) is 3.76. The molecule has 0 aliphatic carbocycles. The zero-order valence-electron chi connectivity index (χ0n) is 16.9. The van der Waals surface area contributed by atoms with Gasteiger partial charge in [0.15, 0.2) is 0 Å². The van der Waals surface area contributed by atoms with Crippen LogP contribution in [0.15, 0.2) is 53.1 Å². The van der Waals surface area contributed by atoms with Crippen molar-refractivity contribution in [3.05, 3.63) is 54.3 Å².